The summed E-state index contributed by atoms with van der Waals surface area (Å²) in [6.45, 7) is 0. The Balaban J connectivity index is 1.82. The number of hydrogen-bond donors (Lipinski definition) is 1. The fourth-order valence-corrected chi connectivity index (χ4v) is 3.68. The topological polar surface area (TPSA) is 83.8 Å². The summed E-state index contributed by atoms with van der Waals surface area (Å²) in [4.78, 5) is 17.4. The van der Waals surface area contributed by atoms with E-state index >= 15 is 0 Å². The SMILES string of the molecule is COc1ccccc1C(NC(=O)CCc1ccc(OC)c(OC)c1OC)c1nccn1C. The first kappa shape index (κ1) is 23.0. The van der Waals surface area contributed by atoms with Gasteiger partial charge in [-0.15, -0.1) is 0 Å². The Morgan fingerprint density at radius 3 is 2.31 bits per heavy atom. The van der Waals surface area contributed by atoms with Crippen molar-refractivity contribution in [1.82, 2.24) is 14.9 Å². The number of nitrogens with one attached hydrogen (secondary N) is 1. The summed E-state index contributed by atoms with van der Waals surface area (Å²) < 4.78 is 23.7. The Morgan fingerprint density at radius 1 is 0.969 bits per heavy atom. The number of benzene rings is 2. The van der Waals surface area contributed by atoms with Gasteiger partial charge in [-0.3, -0.25) is 4.79 Å². The number of carbonyl (C=O) groups excluding carboxylic acids is 1. The molecule has 0 radical (unpaired) electrons. The number of imidazole rings is 1. The van der Waals surface area contributed by atoms with Crippen molar-refractivity contribution < 1.29 is 23.7 Å². The number of methoxy groups -OCH3 is 4. The van der Waals surface area contributed by atoms with Crippen LogP contribution in [0.3, 0.4) is 0 Å². The average Bonchev–Trinajstić information content (AvgIpc) is 3.25. The summed E-state index contributed by atoms with van der Waals surface area (Å²) in [6.07, 6.45) is 4.27. The van der Waals surface area contributed by atoms with Gasteiger partial charge in [0.1, 0.15) is 17.6 Å². The van der Waals surface area contributed by atoms with Gasteiger partial charge < -0.3 is 28.8 Å². The number of aryl methyl sites for hydroxylation is 2. The fraction of sp³-hybridized carbons (Fsp3) is 0.333. The maximum Gasteiger partial charge on any atom is 0.221 e. The molecule has 3 aromatic rings. The minimum Gasteiger partial charge on any atom is -0.496 e. The third kappa shape index (κ3) is 4.80. The van der Waals surface area contributed by atoms with E-state index in [1.165, 1.54) is 0 Å². The number of para-hydroxylation sites is 1. The molecule has 1 atom stereocenters. The molecule has 1 N–H and O–H groups in total. The van der Waals surface area contributed by atoms with Crippen molar-refractivity contribution in [1.29, 1.82) is 0 Å². The van der Waals surface area contributed by atoms with Crippen LogP contribution in [0.1, 0.15) is 29.4 Å². The summed E-state index contributed by atoms with van der Waals surface area (Å²) in [5, 5.41) is 3.11. The van der Waals surface area contributed by atoms with Gasteiger partial charge in [0.05, 0.1) is 28.4 Å². The Bertz CT molecular complexity index is 1060. The number of amides is 1. The second kappa shape index (κ2) is 10.6. The van der Waals surface area contributed by atoms with Crippen molar-refractivity contribution in [2.24, 2.45) is 7.05 Å². The van der Waals surface area contributed by atoms with Gasteiger partial charge >= 0.3 is 0 Å². The lowest BCUT2D eigenvalue weighted by Crippen LogP contribution is -2.31. The monoisotopic (exact) mass is 439 g/mol. The van der Waals surface area contributed by atoms with Crippen LogP contribution in [0.25, 0.3) is 0 Å². The molecule has 0 aliphatic heterocycles. The van der Waals surface area contributed by atoms with E-state index in [1.807, 2.05) is 48.1 Å². The third-order valence-electron chi connectivity index (χ3n) is 5.28. The molecule has 1 unspecified atom stereocenters. The molecule has 1 aromatic heterocycles. The summed E-state index contributed by atoms with van der Waals surface area (Å²) in [6, 6.07) is 10.8. The molecular formula is C24H29N3O5. The van der Waals surface area contributed by atoms with E-state index in [0.717, 1.165) is 11.1 Å². The van der Waals surface area contributed by atoms with E-state index in [0.29, 0.717) is 35.2 Å². The zero-order valence-electron chi connectivity index (χ0n) is 19.0. The minimum absolute atomic E-state index is 0.124. The van der Waals surface area contributed by atoms with Crippen molar-refractivity contribution in [3.8, 4) is 23.0 Å². The summed E-state index contributed by atoms with van der Waals surface area (Å²) >= 11 is 0. The highest BCUT2D eigenvalue weighted by molar-refractivity contribution is 5.77. The highest BCUT2D eigenvalue weighted by Gasteiger charge is 2.24. The minimum atomic E-state index is -0.453. The molecule has 1 heterocycles. The van der Waals surface area contributed by atoms with Crippen LogP contribution in [0.15, 0.2) is 48.8 Å². The van der Waals surface area contributed by atoms with Crippen LogP contribution < -0.4 is 24.3 Å². The molecule has 170 valence electrons. The quantitative estimate of drug-likeness (QED) is 0.522. The van der Waals surface area contributed by atoms with Gasteiger partial charge in [-0.1, -0.05) is 24.3 Å². The highest BCUT2D eigenvalue weighted by Crippen LogP contribution is 2.40. The van der Waals surface area contributed by atoms with Gasteiger partial charge in [-0.05, 0) is 24.1 Å². The van der Waals surface area contributed by atoms with Gasteiger partial charge in [0, 0.05) is 31.4 Å². The largest absolute Gasteiger partial charge is 0.496 e. The lowest BCUT2D eigenvalue weighted by Gasteiger charge is -2.21. The molecule has 2 aromatic carbocycles. The molecule has 0 saturated heterocycles. The van der Waals surface area contributed by atoms with Crippen LogP contribution in [0.4, 0.5) is 0 Å². The van der Waals surface area contributed by atoms with Crippen LogP contribution in [-0.2, 0) is 18.3 Å². The standard InChI is InChI=1S/C24H29N3O5/c1-27-15-14-25-24(27)21(17-8-6-7-9-18(17)29-2)26-20(28)13-11-16-10-12-19(30-3)23(32-5)22(16)31-4/h6-10,12,14-15,21H,11,13H2,1-5H3,(H,26,28). The van der Waals surface area contributed by atoms with E-state index in [4.69, 9.17) is 18.9 Å². The number of nitrogens with zero attached hydrogens (tertiary/aromatic N) is 2. The van der Waals surface area contributed by atoms with Crippen LogP contribution >= 0.6 is 0 Å². The zero-order valence-corrected chi connectivity index (χ0v) is 19.0. The fourth-order valence-electron chi connectivity index (χ4n) is 3.68. The van der Waals surface area contributed by atoms with E-state index in [-0.39, 0.29) is 12.3 Å². The Kier molecular flexibility index (Phi) is 7.59. The predicted octanol–water partition coefficient (Wildman–Crippen LogP) is 3.29. The first-order valence-corrected chi connectivity index (χ1v) is 10.2. The van der Waals surface area contributed by atoms with E-state index < -0.39 is 6.04 Å². The summed E-state index contributed by atoms with van der Waals surface area (Å²) in [5.74, 6) is 2.91. The molecule has 8 nitrogen and oxygen atoms in total. The zero-order chi connectivity index (χ0) is 23.1. The van der Waals surface area contributed by atoms with Gasteiger partial charge in [0.2, 0.25) is 11.7 Å². The van der Waals surface area contributed by atoms with Crippen molar-refractivity contribution in [2.75, 3.05) is 28.4 Å². The van der Waals surface area contributed by atoms with E-state index in [1.54, 1.807) is 40.7 Å². The number of ether oxygens (including phenoxy) is 4. The molecule has 0 bridgehead atoms. The van der Waals surface area contributed by atoms with E-state index in [2.05, 4.69) is 10.3 Å². The van der Waals surface area contributed by atoms with Crippen molar-refractivity contribution in [3.05, 3.63) is 65.7 Å². The molecule has 0 saturated carbocycles. The Hall–Kier alpha value is -3.68. The second-order valence-electron chi connectivity index (χ2n) is 7.13. The van der Waals surface area contributed by atoms with Crippen molar-refractivity contribution in [2.45, 2.75) is 18.9 Å². The molecule has 0 spiro atoms. The average molecular weight is 440 g/mol. The van der Waals surface area contributed by atoms with Gasteiger partial charge in [-0.25, -0.2) is 4.98 Å². The first-order chi connectivity index (χ1) is 15.5. The smallest absolute Gasteiger partial charge is 0.221 e. The van der Waals surface area contributed by atoms with Crippen molar-refractivity contribution in [3.63, 3.8) is 0 Å². The molecular weight excluding hydrogens is 410 g/mol. The lowest BCUT2D eigenvalue weighted by molar-refractivity contribution is -0.121. The lowest BCUT2D eigenvalue weighted by atomic mass is 10.0. The molecule has 0 aliphatic carbocycles. The van der Waals surface area contributed by atoms with Crippen molar-refractivity contribution >= 4 is 5.91 Å². The van der Waals surface area contributed by atoms with E-state index in [9.17, 15) is 4.79 Å². The summed E-state index contributed by atoms with van der Waals surface area (Å²) in [7, 11) is 8.20. The maximum absolute atomic E-state index is 13.0. The number of hydrogen-bond acceptors (Lipinski definition) is 6. The van der Waals surface area contributed by atoms with Crippen LogP contribution in [0.5, 0.6) is 23.0 Å². The molecule has 3 rings (SSSR count). The first-order valence-electron chi connectivity index (χ1n) is 10.2. The number of rotatable bonds is 10. The van der Waals surface area contributed by atoms with Crippen LogP contribution in [0.2, 0.25) is 0 Å². The van der Waals surface area contributed by atoms with Gasteiger partial charge in [0.25, 0.3) is 0 Å². The van der Waals surface area contributed by atoms with Crippen LogP contribution in [0, 0.1) is 0 Å². The van der Waals surface area contributed by atoms with Gasteiger partial charge in [0.15, 0.2) is 11.5 Å². The predicted molar refractivity (Wildman–Crippen MR) is 121 cm³/mol. The number of carbonyl (C=O) groups is 1. The normalized spacial score (nSPS) is 11.5. The molecule has 0 fully saturated rings. The van der Waals surface area contributed by atoms with Gasteiger partial charge in [-0.2, -0.15) is 0 Å². The summed E-state index contributed by atoms with van der Waals surface area (Å²) in [5.41, 5.74) is 1.69. The third-order valence-corrected chi connectivity index (χ3v) is 5.28. The van der Waals surface area contributed by atoms with Crippen LogP contribution in [-0.4, -0.2) is 43.9 Å². The Labute approximate surface area is 188 Å². The molecule has 0 aliphatic rings. The molecule has 8 heteroatoms. The second-order valence-corrected chi connectivity index (χ2v) is 7.13. The molecule has 1 amide bonds. The number of aromatic nitrogens is 2. The molecule has 32 heavy (non-hydrogen) atoms. The Morgan fingerprint density at radius 2 is 1.69 bits per heavy atom. The highest BCUT2D eigenvalue weighted by atomic mass is 16.5. The maximum atomic E-state index is 13.0.